The van der Waals surface area contributed by atoms with Gasteiger partial charge in [0.2, 0.25) is 0 Å². The fourth-order valence-electron chi connectivity index (χ4n) is 15.4. The monoisotopic (exact) mass is 1250 g/mol. The maximum absolute atomic E-state index is 7.15. The number of hydrogen-bond acceptors (Lipinski definition) is 3. The number of rotatable bonds is 6. The molecule has 0 saturated carbocycles. The first-order valence-electron chi connectivity index (χ1n) is 34.4. The van der Waals surface area contributed by atoms with Crippen molar-refractivity contribution in [3.05, 3.63) is 246 Å². The van der Waals surface area contributed by atoms with E-state index in [4.69, 9.17) is 14.1 Å². The third-order valence-electron chi connectivity index (χ3n) is 21.2. The highest BCUT2D eigenvalue weighted by atomic mass is 16.5. The Balaban J connectivity index is 1.01. The zero-order valence-corrected chi connectivity index (χ0v) is 58.6. The normalized spacial score (nSPS) is 14.5. The van der Waals surface area contributed by atoms with Gasteiger partial charge in [0.1, 0.15) is 28.5 Å². The second kappa shape index (κ2) is 21.4. The first kappa shape index (κ1) is 61.1. The SMILES string of the molecule is CC(C)(C)c1cc(-c2cc(C(C)(C)C)cc3c2-[n+]2[c-]n(-c4cccc(Oc5ccc6c7ccccc7n(-c7cc(C(C)(C)C)ccn7)c6c5)c4)c4cc(-c5ccc6oc7ccccc7c6c5)cc(c42)-c2ccccc2-c2cc4c(cc2-3)C(C)(C)CCC4(C)C)cc(C(C)(C)C)c1. The van der Waals surface area contributed by atoms with Crippen LogP contribution in [0.15, 0.2) is 211 Å². The molecule has 0 saturated heterocycles. The molecule has 0 atom stereocenters. The van der Waals surface area contributed by atoms with Crippen LogP contribution in [-0.2, 0) is 32.5 Å². The molecule has 6 nitrogen and oxygen atoms in total. The van der Waals surface area contributed by atoms with Crippen molar-refractivity contribution in [2.45, 2.75) is 156 Å². The van der Waals surface area contributed by atoms with E-state index < -0.39 is 0 Å². The number of para-hydroxylation sites is 2. The molecule has 2 aliphatic rings. The van der Waals surface area contributed by atoms with E-state index in [1.165, 1.54) is 66.8 Å². The average molecular weight is 1260 g/mol. The topological polar surface area (TPSA) is 49.0 Å². The van der Waals surface area contributed by atoms with E-state index in [9.17, 15) is 0 Å². The Kier molecular flexibility index (Phi) is 13.6. The van der Waals surface area contributed by atoms with Crippen molar-refractivity contribution in [1.29, 1.82) is 0 Å². The zero-order valence-electron chi connectivity index (χ0n) is 58.6. The fraction of sp³-hybridized carbons (Fsp3) is 0.267. The van der Waals surface area contributed by atoms with Crippen LogP contribution in [0.2, 0.25) is 0 Å². The van der Waals surface area contributed by atoms with Crippen LogP contribution < -0.4 is 9.30 Å². The highest BCUT2D eigenvalue weighted by molar-refractivity contribution is 6.10. The minimum absolute atomic E-state index is 0.0416. The molecule has 6 heteroatoms. The molecule has 0 unspecified atom stereocenters. The number of ether oxygens (including phenoxy) is 1. The lowest BCUT2D eigenvalue weighted by molar-refractivity contribution is -0.570. The highest BCUT2D eigenvalue weighted by Gasteiger charge is 2.40. The lowest BCUT2D eigenvalue weighted by Gasteiger charge is -2.42. The summed E-state index contributed by atoms with van der Waals surface area (Å²) >= 11 is 0. The van der Waals surface area contributed by atoms with E-state index in [0.29, 0.717) is 5.75 Å². The third-order valence-corrected chi connectivity index (χ3v) is 21.2. The van der Waals surface area contributed by atoms with E-state index in [-0.39, 0.29) is 32.5 Å². The molecule has 1 aliphatic heterocycles. The molecule has 0 amide bonds. The number of furan rings is 1. The van der Waals surface area contributed by atoms with Crippen LogP contribution in [0.1, 0.15) is 157 Å². The molecule has 4 aromatic heterocycles. The standard InChI is InChI=1S/C90H86N4O2/c1-85(2,3)57-36-39-91-82(48-57)94-77-30-21-19-28-66(77)67-34-33-63(50-78(67)94)95-62-25-23-24-61(49-62)92-53-93-83-69(56-40-58(86(4,5)6)45-59(41-56)87(7,8)9)46-60(88(10,11)12)47-74(83)71-52-76-75(89(13,14)37-38-90(76,15)16)51-70(71)64-26-17-18-27-65(64)73-43-55(44-79(92)84(73)93)54-32-35-81-72(42-54)68-29-20-22-31-80(68)96-81/h17-36,39-52H,37-38H2,1-16H3. The molecule has 1 aliphatic carbocycles. The van der Waals surface area contributed by atoms with Crippen molar-refractivity contribution in [2.75, 3.05) is 0 Å². The van der Waals surface area contributed by atoms with Gasteiger partial charge in [-0.3, -0.25) is 13.7 Å². The first-order valence-corrected chi connectivity index (χ1v) is 34.4. The Labute approximate surface area is 565 Å². The molecule has 0 N–H and O–H groups in total. The summed E-state index contributed by atoms with van der Waals surface area (Å²) in [6.45, 7) is 37.9. The second-order valence-corrected chi connectivity index (χ2v) is 33.0. The summed E-state index contributed by atoms with van der Waals surface area (Å²) in [5.74, 6) is 2.31. The van der Waals surface area contributed by atoms with E-state index in [0.717, 1.165) is 113 Å². The second-order valence-electron chi connectivity index (χ2n) is 33.0. The summed E-state index contributed by atoms with van der Waals surface area (Å²) in [4.78, 5) is 5.00. The molecule has 478 valence electrons. The van der Waals surface area contributed by atoms with Gasteiger partial charge >= 0.3 is 0 Å². The van der Waals surface area contributed by atoms with E-state index in [2.05, 4.69) is 325 Å². The Hall–Kier alpha value is -9.78. The van der Waals surface area contributed by atoms with Gasteiger partial charge in [-0.2, -0.15) is 0 Å². The van der Waals surface area contributed by atoms with E-state index in [1.54, 1.807) is 0 Å². The summed E-state index contributed by atoms with van der Waals surface area (Å²) in [7, 11) is 0. The van der Waals surface area contributed by atoms with E-state index in [1.807, 2.05) is 12.3 Å². The van der Waals surface area contributed by atoms with Gasteiger partial charge in [0, 0.05) is 33.8 Å². The minimum atomic E-state index is -0.218. The average Bonchev–Trinajstić information content (AvgIpc) is 1.44. The van der Waals surface area contributed by atoms with Crippen LogP contribution >= 0.6 is 0 Å². The Bertz CT molecular complexity index is 5520. The first-order chi connectivity index (χ1) is 45.6. The molecule has 16 rings (SSSR count). The van der Waals surface area contributed by atoms with Gasteiger partial charge in [0.05, 0.1) is 33.4 Å². The van der Waals surface area contributed by atoms with Gasteiger partial charge in [0.15, 0.2) is 0 Å². The van der Waals surface area contributed by atoms with Crippen LogP contribution in [0.4, 0.5) is 0 Å². The Morgan fingerprint density at radius 2 is 1.01 bits per heavy atom. The maximum Gasteiger partial charge on any atom is 0.269 e. The number of nitrogens with zero attached hydrogens (tertiary/aromatic N) is 4. The van der Waals surface area contributed by atoms with Crippen LogP contribution in [0, 0.1) is 6.33 Å². The molecule has 10 aromatic carbocycles. The van der Waals surface area contributed by atoms with Crippen molar-refractivity contribution in [3.8, 4) is 84.3 Å². The summed E-state index contributed by atoms with van der Waals surface area (Å²) in [5.41, 5.74) is 26.9. The number of benzene rings is 10. The van der Waals surface area contributed by atoms with Crippen LogP contribution in [-0.4, -0.2) is 14.1 Å². The molecular weight excluding hydrogens is 1170 g/mol. The number of fused-ring (bicyclic) bond motifs is 14. The van der Waals surface area contributed by atoms with Gasteiger partial charge in [-0.15, -0.1) is 0 Å². The number of hydrogen-bond donors (Lipinski definition) is 0. The van der Waals surface area contributed by atoms with Crippen molar-refractivity contribution in [3.63, 3.8) is 0 Å². The highest BCUT2D eigenvalue weighted by Crippen LogP contribution is 2.54. The number of aromatic nitrogens is 4. The fourth-order valence-corrected chi connectivity index (χ4v) is 15.4. The van der Waals surface area contributed by atoms with Crippen LogP contribution in [0.25, 0.3) is 128 Å². The predicted molar refractivity (Wildman–Crippen MR) is 400 cm³/mol. The van der Waals surface area contributed by atoms with Gasteiger partial charge < -0.3 is 9.15 Å². The molecule has 0 bridgehead atoms. The van der Waals surface area contributed by atoms with Crippen molar-refractivity contribution >= 4 is 54.8 Å². The lowest BCUT2D eigenvalue weighted by atomic mass is 9.62. The van der Waals surface area contributed by atoms with Crippen molar-refractivity contribution < 1.29 is 13.7 Å². The van der Waals surface area contributed by atoms with Gasteiger partial charge in [-0.05, 0) is 213 Å². The molecule has 0 fully saturated rings. The molecule has 96 heavy (non-hydrogen) atoms. The maximum atomic E-state index is 7.15. The Morgan fingerprint density at radius 3 is 1.71 bits per heavy atom. The lowest BCUT2D eigenvalue weighted by Crippen LogP contribution is -2.34. The molecule has 5 heterocycles. The van der Waals surface area contributed by atoms with Crippen molar-refractivity contribution in [1.82, 2.24) is 14.1 Å². The minimum Gasteiger partial charge on any atom is -0.458 e. The Morgan fingerprint density at radius 1 is 0.417 bits per heavy atom. The molecule has 0 radical (unpaired) electrons. The summed E-state index contributed by atoms with van der Waals surface area (Å²) in [6, 6.07) is 74.9. The molecule has 14 aromatic rings. The van der Waals surface area contributed by atoms with Crippen LogP contribution in [0.5, 0.6) is 11.5 Å². The summed E-state index contributed by atoms with van der Waals surface area (Å²) < 4.78 is 20.7. The quantitative estimate of drug-likeness (QED) is 0.123. The third kappa shape index (κ3) is 10.1. The number of imidazole rings is 1. The predicted octanol–water partition coefficient (Wildman–Crippen LogP) is 24.1. The zero-order chi connectivity index (χ0) is 66.9. The van der Waals surface area contributed by atoms with Gasteiger partial charge in [-0.1, -0.05) is 226 Å². The summed E-state index contributed by atoms with van der Waals surface area (Å²) in [6.07, 6.45) is 8.41. The smallest absolute Gasteiger partial charge is 0.269 e. The van der Waals surface area contributed by atoms with Crippen molar-refractivity contribution in [2.24, 2.45) is 0 Å². The van der Waals surface area contributed by atoms with Gasteiger partial charge in [0.25, 0.3) is 6.33 Å². The number of pyridine rings is 1. The van der Waals surface area contributed by atoms with Crippen LogP contribution in [0.3, 0.4) is 0 Å². The molecular formula is C90H86N4O2. The molecule has 0 spiro atoms. The van der Waals surface area contributed by atoms with Gasteiger partial charge in [-0.25, -0.2) is 4.98 Å². The van der Waals surface area contributed by atoms with E-state index >= 15 is 0 Å². The summed E-state index contributed by atoms with van der Waals surface area (Å²) in [5, 5.41) is 4.49. The largest absolute Gasteiger partial charge is 0.458 e.